The Kier molecular flexibility index (Phi) is 10.3. The maximum Gasteiger partial charge on any atom is 0.244 e. The van der Waals surface area contributed by atoms with E-state index in [4.69, 9.17) is 23.4 Å². The Morgan fingerprint density at radius 1 is 0.892 bits per heavy atom. The number of benzene rings is 2. The monoisotopic (exact) mass is 505 g/mol. The SMILES string of the molecule is COc1ccc(C(=C/C=C/C(=O)N[C@H](C)CCCc2ccoc2)c2ccc(OC)c(OC)c2)cc1OC. The van der Waals surface area contributed by atoms with Crippen LogP contribution in [0.1, 0.15) is 36.5 Å². The Hall–Kier alpha value is -4.13. The van der Waals surface area contributed by atoms with Gasteiger partial charge in [0.25, 0.3) is 0 Å². The first-order chi connectivity index (χ1) is 18.0. The summed E-state index contributed by atoms with van der Waals surface area (Å²) in [6.45, 7) is 2.01. The van der Waals surface area contributed by atoms with Crippen molar-refractivity contribution in [3.63, 3.8) is 0 Å². The highest BCUT2D eigenvalue weighted by Gasteiger charge is 2.13. The van der Waals surface area contributed by atoms with E-state index in [1.54, 1.807) is 47.0 Å². The molecule has 1 N–H and O–H groups in total. The first-order valence-electron chi connectivity index (χ1n) is 12.1. The second kappa shape index (κ2) is 13.8. The molecule has 0 bridgehead atoms. The maximum atomic E-state index is 12.6. The van der Waals surface area contributed by atoms with Gasteiger partial charge >= 0.3 is 0 Å². The number of nitrogens with one attached hydrogen (secondary N) is 1. The van der Waals surface area contributed by atoms with E-state index in [2.05, 4.69) is 5.32 Å². The van der Waals surface area contributed by atoms with Crippen LogP contribution in [0.25, 0.3) is 5.57 Å². The molecule has 0 spiro atoms. The molecule has 0 unspecified atom stereocenters. The van der Waals surface area contributed by atoms with Crippen molar-refractivity contribution in [2.45, 2.75) is 32.2 Å². The quantitative estimate of drug-likeness (QED) is 0.233. The molecule has 0 fully saturated rings. The molecule has 1 aromatic heterocycles. The van der Waals surface area contributed by atoms with Gasteiger partial charge in [-0.15, -0.1) is 0 Å². The normalized spacial score (nSPS) is 11.6. The third kappa shape index (κ3) is 7.67. The summed E-state index contributed by atoms with van der Waals surface area (Å²) < 4.78 is 26.9. The Morgan fingerprint density at radius 2 is 1.49 bits per heavy atom. The minimum atomic E-state index is -0.147. The molecule has 3 aromatic rings. The molecule has 0 saturated carbocycles. The third-order valence-corrected chi connectivity index (χ3v) is 5.97. The van der Waals surface area contributed by atoms with Gasteiger partial charge in [-0.25, -0.2) is 0 Å². The van der Waals surface area contributed by atoms with Crippen molar-refractivity contribution in [3.8, 4) is 23.0 Å². The lowest BCUT2D eigenvalue weighted by Crippen LogP contribution is -2.31. The number of hydrogen-bond donors (Lipinski definition) is 1. The summed E-state index contributed by atoms with van der Waals surface area (Å²) in [5.41, 5.74) is 3.82. The third-order valence-electron chi connectivity index (χ3n) is 5.97. The smallest absolute Gasteiger partial charge is 0.244 e. The zero-order valence-electron chi connectivity index (χ0n) is 22.1. The van der Waals surface area contributed by atoms with Gasteiger partial charge in [-0.1, -0.05) is 24.3 Å². The van der Waals surface area contributed by atoms with Crippen LogP contribution in [0, 0.1) is 0 Å². The fourth-order valence-corrected chi connectivity index (χ4v) is 4.01. The van der Waals surface area contributed by atoms with Gasteiger partial charge in [-0.3, -0.25) is 4.79 Å². The van der Waals surface area contributed by atoms with E-state index in [0.717, 1.165) is 36.0 Å². The standard InChI is InChI=1S/C30H35NO6/c1-21(8-6-9-22-16-17-37-20-22)31-30(32)11-7-10-25(23-12-14-26(33-2)28(18-23)35-4)24-13-15-27(34-3)29(19-24)36-5/h7,10-21H,6,8-9H2,1-5H3,(H,31,32)/b11-7+/t21-/m1/s1. The Balaban J connectivity index is 1.79. The highest BCUT2D eigenvalue weighted by Crippen LogP contribution is 2.36. The minimum Gasteiger partial charge on any atom is -0.493 e. The molecular weight excluding hydrogens is 470 g/mol. The number of amides is 1. The fourth-order valence-electron chi connectivity index (χ4n) is 4.01. The number of carbonyl (C=O) groups is 1. The number of carbonyl (C=O) groups excluding carboxylic acids is 1. The molecule has 0 radical (unpaired) electrons. The Labute approximate surface area is 218 Å². The van der Waals surface area contributed by atoms with Gasteiger partial charge in [0.05, 0.1) is 41.0 Å². The number of allylic oxidation sites excluding steroid dienone is 2. The van der Waals surface area contributed by atoms with Crippen LogP contribution in [0.5, 0.6) is 23.0 Å². The van der Waals surface area contributed by atoms with Gasteiger partial charge in [0.15, 0.2) is 23.0 Å². The molecular formula is C30H35NO6. The van der Waals surface area contributed by atoms with E-state index in [-0.39, 0.29) is 11.9 Å². The topological polar surface area (TPSA) is 79.2 Å². The van der Waals surface area contributed by atoms with Crippen LogP contribution in [-0.4, -0.2) is 40.4 Å². The second-order valence-electron chi connectivity index (χ2n) is 8.51. The number of methoxy groups -OCH3 is 4. The molecule has 2 aromatic carbocycles. The van der Waals surface area contributed by atoms with E-state index < -0.39 is 0 Å². The van der Waals surface area contributed by atoms with E-state index in [9.17, 15) is 4.79 Å². The molecule has 1 atom stereocenters. The van der Waals surface area contributed by atoms with Crippen LogP contribution < -0.4 is 24.3 Å². The van der Waals surface area contributed by atoms with Crippen molar-refractivity contribution in [2.24, 2.45) is 0 Å². The predicted octanol–water partition coefficient (Wildman–Crippen LogP) is 5.83. The van der Waals surface area contributed by atoms with Crippen molar-refractivity contribution in [2.75, 3.05) is 28.4 Å². The summed E-state index contributed by atoms with van der Waals surface area (Å²) in [7, 11) is 6.40. The molecule has 0 aliphatic carbocycles. The second-order valence-corrected chi connectivity index (χ2v) is 8.51. The summed E-state index contributed by atoms with van der Waals surface area (Å²) >= 11 is 0. The Bertz CT molecular complexity index is 1160. The maximum absolute atomic E-state index is 12.6. The number of furan rings is 1. The molecule has 7 nitrogen and oxygen atoms in total. The molecule has 3 rings (SSSR count). The summed E-state index contributed by atoms with van der Waals surface area (Å²) in [5, 5.41) is 3.03. The van der Waals surface area contributed by atoms with Crippen LogP contribution in [-0.2, 0) is 11.2 Å². The lowest BCUT2D eigenvalue weighted by Gasteiger charge is -2.14. The van der Waals surface area contributed by atoms with Crippen LogP contribution in [0.2, 0.25) is 0 Å². The molecule has 1 amide bonds. The van der Waals surface area contributed by atoms with Gasteiger partial charge in [0.2, 0.25) is 5.91 Å². The van der Waals surface area contributed by atoms with Crippen molar-refractivity contribution >= 4 is 11.5 Å². The number of rotatable bonds is 13. The predicted molar refractivity (Wildman–Crippen MR) is 145 cm³/mol. The van der Waals surface area contributed by atoms with E-state index in [0.29, 0.717) is 23.0 Å². The lowest BCUT2D eigenvalue weighted by atomic mass is 9.96. The van der Waals surface area contributed by atoms with Crippen molar-refractivity contribution < 1.29 is 28.2 Å². The van der Waals surface area contributed by atoms with Gasteiger partial charge < -0.3 is 28.7 Å². The fraction of sp³-hybridized carbons (Fsp3) is 0.300. The first-order valence-corrected chi connectivity index (χ1v) is 12.1. The van der Waals surface area contributed by atoms with Crippen LogP contribution >= 0.6 is 0 Å². The highest BCUT2D eigenvalue weighted by atomic mass is 16.5. The summed E-state index contributed by atoms with van der Waals surface area (Å²) in [5.74, 6) is 2.34. The van der Waals surface area contributed by atoms with Crippen LogP contribution in [0.15, 0.2) is 77.6 Å². The molecule has 7 heteroatoms. The number of hydrogen-bond acceptors (Lipinski definition) is 6. The highest BCUT2D eigenvalue weighted by molar-refractivity contribution is 5.89. The molecule has 1 heterocycles. The zero-order valence-corrected chi connectivity index (χ0v) is 22.1. The zero-order chi connectivity index (χ0) is 26.6. The molecule has 37 heavy (non-hydrogen) atoms. The summed E-state index contributed by atoms with van der Waals surface area (Å²) in [4.78, 5) is 12.6. The van der Waals surface area contributed by atoms with E-state index in [1.165, 1.54) is 11.6 Å². The van der Waals surface area contributed by atoms with Crippen molar-refractivity contribution in [1.29, 1.82) is 0 Å². The average Bonchev–Trinajstić information content (AvgIpc) is 3.44. The molecule has 0 aliphatic heterocycles. The van der Waals surface area contributed by atoms with Crippen LogP contribution in [0.4, 0.5) is 0 Å². The van der Waals surface area contributed by atoms with Gasteiger partial charge in [0.1, 0.15) is 0 Å². The molecule has 0 aliphatic rings. The summed E-state index contributed by atoms with van der Waals surface area (Å²) in [6.07, 6.45) is 11.4. The molecule has 0 saturated heterocycles. The number of ether oxygens (including phenoxy) is 4. The molecule has 196 valence electrons. The number of aryl methyl sites for hydroxylation is 1. The Morgan fingerprint density at radius 3 is 2.00 bits per heavy atom. The lowest BCUT2D eigenvalue weighted by molar-refractivity contribution is -0.117. The van der Waals surface area contributed by atoms with Gasteiger partial charge in [0, 0.05) is 12.1 Å². The first kappa shape index (κ1) is 27.5. The van der Waals surface area contributed by atoms with Gasteiger partial charge in [-0.2, -0.15) is 0 Å². The van der Waals surface area contributed by atoms with E-state index >= 15 is 0 Å². The van der Waals surface area contributed by atoms with Crippen molar-refractivity contribution in [1.82, 2.24) is 5.32 Å². The average molecular weight is 506 g/mol. The largest absolute Gasteiger partial charge is 0.493 e. The summed E-state index contributed by atoms with van der Waals surface area (Å²) in [6, 6.07) is 13.4. The van der Waals surface area contributed by atoms with E-state index in [1.807, 2.05) is 55.5 Å². The van der Waals surface area contributed by atoms with Gasteiger partial charge in [-0.05, 0) is 78.8 Å². The van der Waals surface area contributed by atoms with Crippen molar-refractivity contribution in [3.05, 3.63) is 89.9 Å². The van der Waals surface area contributed by atoms with Crippen LogP contribution in [0.3, 0.4) is 0 Å². The minimum absolute atomic E-state index is 0.0594.